The van der Waals surface area contributed by atoms with Crippen LogP contribution in [-0.2, 0) is 10.3 Å². The minimum Gasteiger partial charge on any atom is -0.487 e. The third-order valence-corrected chi connectivity index (χ3v) is 10.6. The Morgan fingerprint density at radius 2 is 1.75 bits per heavy atom. The molecule has 0 radical (unpaired) electrons. The molecule has 2 heterocycles. The van der Waals surface area contributed by atoms with Gasteiger partial charge in [-0.2, -0.15) is 0 Å². The van der Waals surface area contributed by atoms with Gasteiger partial charge in [-0.05, 0) is 75.5 Å². The molecule has 9 nitrogen and oxygen atoms in total. The zero-order valence-electron chi connectivity index (χ0n) is 22.7. The van der Waals surface area contributed by atoms with Crippen LogP contribution in [0.5, 0.6) is 5.75 Å². The predicted octanol–water partition coefficient (Wildman–Crippen LogP) is 4.22. The van der Waals surface area contributed by atoms with Crippen LogP contribution in [0.15, 0.2) is 11.0 Å². The molecule has 0 saturated heterocycles. The Labute approximate surface area is 231 Å². The summed E-state index contributed by atoms with van der Waals surface area (Å²) in [6.07, 6.45) is 12.3. The average Bonchev–Trinajstić information content (AvgIpc) is 3.38. The van der Waals surface area contributed by atoms with E-state index in [4.69, 9.17) is 10.5 Å². The maximum absolute atomic E-state index is 15.6. The van der Waals surface area contributed by atoms with Crippen LogP contribution in [0, 0.1) is 29.0 Å². The minimum atomic E-state index is -1.37. The van der Waals surface area contributed by atoms with Gasteiger partial charge in [0.1, 0.15) is 17.9 Å². The normalized spacial score (nSPS) is 29.1. The molecule has 8 rings (SSSR count). The van der Waals surface area contributed by atoms with Gasteiger partial charge in [-0.3, -0.25) is 9.59 Å². The smallest absolute Gasteiger partial charge is 0.341 e. The second kappa shape index (κ2) is 9.11. The van der Waals surface area contributed by atoms with E-state index in [1.807, 2.05) is 4.57 Å². The zero-order valence-corrected chi connectivity index (χ0v) is 22.7. The molecule has 1 spiro atoms. The number of nitrogens with two attached hydrogens (primary N) is 1. The first-order chi connectivity index (χ1) is 19.2. The van der Waals surface area contributed by atoms with Crippen LogP contribution >= 0.6 is 0 Å². The predicted molar refractivity (Wildman–Crippen MR) is 148 cm³/mol. The molecule has 1 aromatic heterocycles. The largest absolute Gasteiger partial charge is 0.487 e. The molecule has 0 unspecified atom stereocenters. The second-order valence-corrected chi connectivity index (χ2v) is 13.2. The van der Waals surface area contributed by atoms with Crippen LogP contribution in [0.2, 0.25) is 0 Å². The first-order valence-electron chi connectivity index (χ1n) is 14.8. The molecule has 5 aliphatic carbocycles. The molecule has 4 bridgehead atoms. The number of anilines is 2. The molecule has 0 atom stereocenters. The number of aromatic carboxylic acids is 1. The number of hydrogen-bond acceptors (Lipinski definition) is 6. The molecular weight excluding hydrogens is 515 g/mol. The van der Waals surface area contributed by atoms with Gasteiger partial charge in [-0.25, -0.2) is 9.18 Å². The number of halogens is 1. The quantitative estimate of drug-likeness (QED) is 0.298. The van der Waals surface area contributed by atoms with Crippen molar-refractivity contribution >= 4 is 34.2 Å². The van der Waals surface area contributed by atoms with E-state index in [2.05, 4.69) is 10.6 Å². The van der Waals surface area contributed by atoms with E-state index in [1.165, 1.54) is 25.5 Å². The van der Waals surface area contributed by atoms with E-state index in [0.29, 0.717) is 42.8 Å². The third kappa shape index (κ3) is 3.74. The van der Waals surface area contributed by atoms with Crippen molar-refractivity contribution in [2.45, 2.75) is 76.2 Å². The van der Waals surface area contributed by atoms with Crippen molar-refractivity contribution in [3.63, 3.8) is 0 Å². The highest BCUT2D eigenvalue weighted by molar-refractivity contribution is 6.03. The summed E-state index contributed by atoms with van der Waals surface area (Å²) in [6, 6.07) is 0. The van der Waals surface area contributed by atoms with Gasteiger partial charge in [0, 0.05) is 24.7 Å². The Balaban J connectivity index is 1.12. The summed E-state index contributed by atoms with van der Waals surface area (Å²) < 4.78 is 23.6. The van der Waals surface area contributed by atoms with Gasteiger partial charge >= 0.3 is 5.97 Å². The maximum atomic E-state index is 15.6. The maximum Gasteiger partial charge on any atom is 0.341 e. The Hall–Kier alpha value is -3.30. The van der Waals surface area contributed by atoms with Crippen LogP contribution in [0.1, 0.15) is 81.0 Å². The minimum absolute atomic E-state index is 0.0708. The summed E-state index contributed by atoms with van der Waals surface area (Å²) in [6.45, 7) is 1.10. The van der Waals surface area contributed by atoms with E-state index >= 15 is 4.39 Å². The van der Waals surface area contributed by atoms with E-state index in [-0.39, 0.29) is 40.4 Å². The number of benzene rings is 1. The Morgan fingerprint density at radius 1 is 1.10 bits per heavy atom. The molecule has 5 fully saturated rings. The SMILES string of the molecule is Nc1c(F)c(NCCCNC(=O)C23CC4CC(CC(C4)C2)C3)c2c3c1c(=O)c(C(=O)O)cn3C1(CCCC1)CO2. The third-order valence-electron chi connectivity index (χ3n) is 10.6. The van der Waals surface area contributed by atoms with Crippen molar-refractivity contribution in [2.24, 2.45) is 23.2 Å². The van der Waals surface area contributed by atoms with Gasteiger partial charge in [0.05, 0.1) is 22.1 Å². The molecule has 5 saturated carbocycles. The first-order valence-corrected chi connectivity index (χ1v) is 14.8. The molecule has 5 N–H and O–H groups in total. The number of amides is 1. The fraction of sp³-hybridized carbons (Fsp3) is 0.633. The molecule has 2 aromatic rings. The van der Waals surface area contributed by atoms with Crippen LogP contribution < -0.4 is 26.5 Å². The number of carboxylic acids is 1. The van der Waals surface area contributed by atoms with Crippen molar-refractivity contribution < 1.29 is 23.8 Å². The van der Waals surface area contributed by atoms with Crippen LogP contribution in [0.25, 0.3) is 10.9 Å². The molecule has 1 aromatic carbocycles. The summed E-state index contributed by atoms with van der Waals surface area (Å²) in [5.41, 5.74) is 4.28. The number of pyridine rings is 1. The fourth-order valence-electron chi connectivity index (χ4n) is 9.15. The lowest BCUT2D eigenvalue weighted by Gasteiger charge is -2.55. The number of carbonyl (C=O) groups is 2. The Bertz CT molecular complexity index is 1440. The number of fused-ring (bicyclic) bond motifs is 1. The summed E-state index contributed by atoms with van der Waals surface area (Å²) in [5.74, 6) is 0.262. The lowest BCUT2D eigenvalue weighted by Crippen LogP contribution is -2.53. The zero-order chi connectivity index (χ0) is 27.8. The molecule has 1 aliphatic heterocycles. The summed E-state index contributed by atoms with van der Waals surface area (Å²) in [5, 5.41) is 15.8. The number of hydrogen-bond donors (Lipinski definition) is 4. The Kier molecular flexibility index (Phi) is 5.84. The number of carbonyl (C=O) groups excluding carboxylic acids is 1. The fourth-order valence-corrected chi connectivity index (χ4v) is 9.15. The summed E-state index contributed by atoms with van der Waals surface area (Å²) >= 11 is 0. The number of nitrogens with zero attached hydrogens (tertiary/aromatic N) is 1. The van der Waals surface area contributed by atoms with E-state index in [0.717, 1.165) is 44.9 Å². The summed E-state index contributed by atoms with van der Waals surface area (Å²) in [7, 11) is 0. The van der Waals surface area contributed by atoms with Crippen molar-refractivity contribution in [1.29, 1.82) is 0 Å². The van der Waals surface area contributed by atoms with E-state index < -0.39 is 28.3 Å². The molecule has 40 heavy (non-hydrogen) atoms. The standard InChI is InChI=1S/C30H37FN4O5/c31-21-22(32)20-24-26(40-15-30(4-1-2-5-30)35(24)14-19(25(20)36)27(37)38)23(21)33-6-3-7-34-28(39)29-11-16-8-17(12-29)10-18(9-16)13-29/h14,16-18,33H,1-13,15,32H2,(H,34,39)(H,37,38). The van der Waals surface area contributed by atoms with Crippen molar-refractivity contribution in [3.05, 3.63) is 27.8 Å². The van der Waals surface area contributed by atoms with Crippen LogP contribution in [-0.4, -0.2) is 41.2 Å². The number of nitrogens with one attached hydrogen (secondary N) is 2. The first kappa shape index (κ1) is 25.7. The highest BCUT2D eigenvalue weighted by Crippen LogP contribution is 2.60. The number of carboxylic acid groups (broad SMARTS) is 1. The number of ether oxygens (including phenoxy) is 1. The average molecular weight is 553 g/mol. The lowest BCUT2D eigenvalue weighted by atomic mass is 9.49. The Morgan fingerprint density at radius 3 is 2.38 bits per heavy atom. The van der Waals surface area contributed by atoms with Gasteiger partial charge in [0.15, 0.2) is 11.6 Å². The summed E-state index contributed by atoms with van der Waals surface area (Å²) in [4.78, 5) is 38.3. The lowest BCUT2D eigenvalue weighted by molar-refractivity contribution is -0.146. The number of rotatable bonds is 7. The molecule has 214 valence electrons. The molecule has 6 aliphatic rings. The number of nitrogen functional groups attached to an aromatic ring is 1. The monoisotopic (exact) mass is 552 g/mol. The van der Waals surface area contributed by atoms with Crippen LogP contribution in [0.3, 0.4) is 0 Å². The molecule has 1 amide bonds. The topological polar surface area (TPSA) is 136 Å². The van der Waals surface area contributed by atoms with Gasteiger partial charge in [-0.15, -0.1) is 0 Å². The number of aromatic nitrogens is 1. The van der Waals surface area contributed by atoms with Crippen molar-refractivity contribution in [3.8, 4) is 5.75 Å². The van der Waals surface area contributed by atoms with Crippen LogP contribution in [0.4, 0.5) is 15.8 Å². The van der Waals surface area contributed by atoms with Crippen molar-refractivity contribution in [2.75, 3.05) is 30.7 Å². The van der Waals surface area contributed by atoms with E-state index in [9.17, 15) is 19.5 Å². The van der Waals surface area contributed by atoms with Gasteiger partial charge in [-0.1, -0.05) is 12.8 Å². The van der Waals surface area contributed by atoms with Gasteiger partial charge < -0.3 is 30.8 Å². The van der Waals surface area contributed by atoms with E-state index in [1.54, 1.807) is 0 Å². The molecular formula is C30H37FN4O5. The second-order valence-electron chi connectivity index (χ2n) is 13.2. The van der Waals surface area contributed by atoms with Gasteiger partial charge in [0.25, 0.3) is 0 Å². The highest BCUT2D eigenvalue weighted by Gasteiger charge is 2.54. The van der Waals surface area contributed by atoms with Crippen molar-refractivity contribution in [1.82, 2.24) is 9.88 Å². The highest BCUT2D eigenvalue weighted by atomic mass is 19.1. The van der Waals surface area contributed by atoms with Gasteiger partial charge in [0.2, 0.25) is 11.3 Å². The molecule has 10 heteroatoms.